The van der Waals surface area contributed by atoms with E-state index >= 15 is 0 Å². The van der Waals surface area contributed by atoms with Gasteiger partial charge in [-0.05, 0) is 17.4 Å². The molecule has 0 aromatic heterocycles. The van der Waals surface area contributed by atoms with Gasteiger partial charge >= 0.3 is 0 Å². The molecule has 0 spiro atoms. The van der Waals surface area contributed by atoms with Crippen LogP contribution in [0, 0.1) is 11.3 Å². The number of nitrogens with one attached hydrogen (secondary N) is 1. The second-order valence-corrected chi connectivity index (χ2v) is 7.95. The predicted molar refractivity (Wildman–Crippen MR) is 96.6 cm³/mol. The smallest absolute Gasteiger partial charge is 0.225 e. The van der Waals surface area contributed by atoms with Crippen LogP contribution in [0.2, 0.25) is 0 Å². The van der Waals surface area contributed by atoms with Crippen LogP contribution in [0.3, 0.4) is 0 Å². The first-order valence-electron chi connectivity index (χ1n) is 8.92. The van der Waals surface area contributed by atoms with E-state index in [4.69, 9.17) is 0 Å². The second kappa shape index (κ2) is 7.82. The summed E-state index contributed by atoms with van der Waals surface area (Å²) in [4.78, 5) is 27.1. The highest BCUT2D eigenvalue weighted by Crippen LogP contribution is 2.34. The average Bonchev–Trinajstić information content (AvgIpc) is 2.97. The van der Waals surface area contributed by atoms with Crippen LogP contribution in [0.5, 0.6) is 0 Å². The molecule has 0 bridgehead atoms. The highest BCUT2D eigenvalue weighted by atomic mass is 16.2. The molecule has 2 atom stereocenters. The summed E-state index contributed by atoms with van der Waals surface area (Å²) in [5.74, 6) is 0.126. The summed E-state index contributed by atoms with van der Waals surface area (Å²) >= 11 is 0. The molecule has 24 heavy (non-hydrogen) atoms. The number of rotatable bonds is 5. The molecule has 1 aromatic carbocycles. The summed E-state index contributed by atoms with van der Waals surface area (Å²) in [6.45, 7) is 10.1. The zero-order valence-electron chi connectivity index (χ0n) is 15.3. The SMILES string of the molecule is CCCNC(=O)[C@@H]1CN(C(=O)CC(C)(C)C)C[C@H]1c1ccccc1. The van der Waals surface area contributed by atoms with Crippen molar-refractivity contribution in [3.8, 4) is 0 Å². The molecule has 4 heteroatoms. The van der Waals surface area contributed by atoms with Crippen molar-refractivity contribution in [3.05, 3.63) is 35.9 Å². The van der Waals surface area contributed by atoms with E-state index in [1.165, 1.54) is 0 Å². The van der Waals surface area contributed by atoms with Crippen molar-refractivity contribution in [2.75, 3.05) is 19.6 Å². The van der Waals surface area contributed by atoms with Crippen molar-refractivity contribution >= 4 is 11.8 Å². The lowest BCUT2D eigenvalue weighted by Crippen LogP contribution is -2.36. The normalized spacial score (nSPS) is 20.9. The van der Waals surface area contributed by atoms with Crippen molar-refractivity contribution in [3.63, 3.8) is 0 Å². The minimum Gasteiger partial charge on any atom is -0.356 e. The maximum Gasteiger partial charge on any atom is 0.225 e. The lowest BCUT2D eigenvalue weighted by Gasteiger charge is -2.23. The van der Waals surface area contributed by atoms with Gasteiger partial charge in [0, 0.05) is 32.0 Å². The van der Waals surface area contributed by atoms with Crippen molar-refractivity contribution in [1.29, 1.82) is 0 Å². The molecule has 1 aliphatic heterocycles. The van der Waals surface area contributed by atoms with Gasteiger partial charge in [0.05, 0.1) is 5.92 Å². The van der Waals surface area contributed by atoms with Gasteiger partial charge in [-0.3, -0.25) is 9.59 Å². The number of nitrogens with zero attached hydrogens (tertiary/aromatic N) is 1. The Morgan fingerprint density at radius 1 is 1.17 bits per heavy atom. The van der Waals surface area contributed by atoms with Crippen molar-refractivity contribution in [1.82, 2.24) is 10.2 Å². The van der Waals surface area contributed by atoms with Gasteiger partial charge in [-0.1, -0.05) is 58.0 Å². The number of amides is 2. The van der Waals surface area contributed by atoms with Crippen LogP contribution in [0.1, 0.15) is 52.0 Å². The first-order chi connectivity index (χ1) is 11.3. The van der Waals surface area contributed by atoms with Crippen molar-refractivity contribution < 1.29 is 9.59 Å². The fourth-order valence-corrected chi connectivity index (χ4v) is 3.26. The third-order valence-corrected chi connectivity index (χ3v) is 4.47. The van der Waals surface area contributed by atoms with Gasteiger partial charge in [0.15, 0.2) is 0 Å². The van der Waals surface area contributed by atoms with Crippen LogP contribution in [-0.2, 0) is 9.59 Å². The third kappa shape index (κ3) is 4.83. The number of hydrogen-bond acceptors (Lipinski definition) is 2. The molecule has 2 amide bonds. The molecule has 1 fully saturated rings. The second-order valence-electron chi connectivity index (χ2n) is 7.95. The molecule has 0 saturated carbocycles. The maximum absolute atomic E-state index is 12.6. The molecule has 1 saturated heterocycles. The number of likely N-dealkylation sites (tertiary alicyclic amines) is 1. The molecule has 2 rings (SSSR count). The zero-order valence-corrected chi connectivity index (χ0v) is 15.3. The highest BCUT2D eigenvalue weighted by Gasteiger charge is 2.40. The zero-order chi connectivity index (χ0) is 17.7. The van der Waals surface area contributed by atoms with Crippen LogP contribution in [-0.4, -0.2) is 36.3 Å². The molecule has 1 N–H and O–H groups in total. The van der Waals surface area contributed by atoms with Crippen molar-refractivity contribution in [2.45, 2.75) is 46.5 Å². The van der Waals surface area contributed by atoms with Crippen molar-refractivity contribution in [2.24, 2.45) is 11.3 Å². The third-order valence-electron chi connectivity index (χ3n) is 4.47. The highest BCUT2D eigenvalue weighted by molar-refractivity contribution is 5.83. The molecule has 1 heterocycles. The van der Waals surface area contributed by atoms with Gasteiger partial charge in [0.2, 0.25) is 11.8 Å². The number of carbonyl (C=O) groups excluding carboxylic acids is 2. The standard InChI is InChI=1S/C20H30N2O2/c1-5-11-21-19(24)17-14-22(18(23)12-20(2,3)4)13-16(17)15-9-7-6-8-10-15/h6-10,16-17H,5,11-14H2,1-4H3,(H,21,24)/t16-,17+/m0/s1. The van der Waals surface area contributed by atoms with Crippen LogP contribution < -0.4 is 5.32 Å². The van der Waals surface area contributed by atoms with E-state index in [0.29, 0.717) is 26.1 Å². The van der Waals surface area contributed by atoms with Gasteiger partial charge in [-0.2, -0.15) is 0 Å². The Morgan fingerprint density at radius 2 is 1.83 bits per heavy atom. The first kappa shape index (κ1) is 18.5. The molecule has 132 valence electrons. The lowest BCUT2D eigenvalue weighted by molar-refractivity contribution is -0.132. The fraction of sp³-hybridized carbons (Fsp3) is 0.600. The molecule has 0 unspecified atom stereocenters. The minimum absolute atomic E-state index is 0.0398. The van der Waals surface area contributed by atoms with Crippen LogP contribution in [0.4, 0.5) is 0 Å². The Morgan fingerprint density at radius 3 is 2.42 bits per heavy atom. The van der Waals surface area contributed by atoms with Crippen LogP contribution >= 0.6 is 0 Å². The molecule has 0 aliphatic carbocycles. The monoisotopic (exact) mass is 330 g/mol. The Bertz CT molecular complexity index is 563. The Balaban J connectivity index is 2.16. The summed E-state index contributed by atoms with van der Waals surface area (Å²) in [5.41, 5.74) is 1.10. The quantitative estimate of drug-likeness (QED) is 0.901. The number of benzene rings is 1. The molecule has 1 aromatic rings. The van der Waals surface area contributed by atoms with Crippen LogP contribution in [0.15, 0.2) is 30.3 Å². The summed E-state index contributed by atoms with van der Waals surface area (Å²) in [6, 6.07) is 10.1. The largest absolute Gasteiger partial charge is 0.356 e. The summed E-state index contributed by atoms with van der Waals surface area (Å²) in [7, 11) is 0. The molecule has 0 radical (unpaired) electrons. The Kier molecular flexibility index (Phi) is 6.03. The molecular formula is C20H30N2O2. The fourth-order valence-electron chi connectivity index (χ4n) is 3.26. The van der Waals surface area contributed by atoms with Gasteiger partial charge in [-0.15, -0.1) is 0 Å². The molecule has 1 aliphatic rings. The topological polar surface area (TPSA) is 49.4 Å². The van der Waals surface area contributed by atoms with Gasteiger partial charge in [-0.25, -0.2) is 0 Å². The van der Waals surface area contributed by atoms with E-state index in [0.717, 1.165) is 12.0 Å². The Hall–Kier alpha value is -1.84. The molecular weight excluding hydrogens is 300 g/mol. The predicted octanol–water partition coefficient (Wildman–Crippen LogP) is 3.19. The summed E-state index contributed by atoms with van der Waals surface area (Å²) in [5, 5.41) is 3.00. The average molecular weight is 330 g/mol. The number of hydrogen-bond donors (Lipinski definition) is 1. The number of carbonyl (C=O) groups is 2. The van der Waals surface area contributed by atoms with E-state index in [2.05, 4.69) is 38.2 Å². The molecule has 4 nitrogen and oxygen atoms in total. The maximum atomic E-state index is 12.6. The van der Waals surface area contributed by atoms with E-state index in [-0.39, 0.29) is 29.1 Å². The first-order valence-corrected chi connectivity index (χ1v) is 8.92. The van der Waals surface area contributed by atoms with Gasteiger partial charge < -0.3 is 10.2 Å². The lowest BCUT2D eigenvalue weighted by atomic mass is 9.88. The Labute approximate surface area is 145 Å². The minimum atomic E-state index is -0.164. The summed E-state index contributed by atoms with van der Waals surface area (Å²) < 4.78 is 0. The van der Waals surface area contributed by atoms with Crippen LogP contribution in [0.25, 0.3) is 0 Å². The summed E-state index contributed by atoms with van der Waals surface area (Å²) in [6.07, 6.45) is 1.43. The van der Waals surface area contributed by atoms with Gasteiger partial charge in [0.1, 0.15) is 0 Å². The van der Waals surface area contributed by atoms with E-state index < -0.39 is 0 Å². The van der Waals surface area contributed by atoms with E-state index in [1.807, 2.05) is 30.0 Å². The van der Waals surface area contributed by atoms with E-state index in [9.17, 15) is 9.59 Å². The van der Waals surface area contributed by atoms with Gasteiger partial charge in [0.25, 0.3) is 0 Å². The van der Waals surface area contributed by atoms with E-state index in [1.54, 1.807) is 0 Å².